The zero-order valence-corrected chi connectivity index (χ0v) is 10.7. The van der Waals surface area contributed by atoms with Crippen LogP contribution in [-0.2, 0) is 4.79 Å². The van der Waals surface area contributed by atoms with E-state index in [2.05, 4.69) is 21.2 Å². The highest BCUT2D eigenvalue weighted by Crippen LogP contribution is 2.12. The number of benzene rings is 1. The Morgan fingerprint density at radius 1 is 1.53 bits per heavy atom. The third kappa shape index (κ3) is 5.63. The van der Waals surface area contributed by atoms with Crippen LogP contribution in [0.1, 0.15) is 5.56 Å². The minimum atomic E-state index is -0.918. The summed E-state index contributed by atoms with van der Waals surface area (Å²) in [6.45, 7) is -0.326. The van der Waals surface area contributed by atoms with Crippen molar-refractivity contribution in [1.82, 2.24) is 5.32 Å². The van der Waals surface area contributed by atoms with E-state index in [-0.39, 0.29) is 19.1 Å². The van der Waals surface area contributed by atoms with Gasteiger partial charge in [0.05, 0.1) is 12.7 Å². The fourth-order valence-corrected chi connectivity index (χ4v) is 1.54. The molecule has 5 heteroatoms. The van der Waals surface area contributed by atoms with Crippen molar-refractivity contribution in [3.8, 4) is 0 Å². The third-order valence-electron chi connectivity index (χ3n) is 2.00. The quantitative estimate of drug-likeness (QED) is 0.709. The molecule has 0 radical (unpaired) electrons. The maximum Gasteiger partial charge on any atom is 0.244 e. The van der Waals surface area contributed by atoms with Crippen LogP contribution in [-0.4, -0.2) is 35.4 Å². The van der Waals surface area contributed by atoms with Gasteiger partial charge in [0.25, 0.3) is 0 Å². The van der Waals surface area contributed by atoms with Gasteiger partial charge in [-0.1, -0.05) is 28.1 Å². The van der Waals surface area contributed by atoms with Crippen LogP contribution in [0.25, 0.3) is 6.08 Å². The van der Waals surface area contributed by atoms with E-state index >= 15 is 0 Å². The molecule has 0 aliphatic carbocycles. The summed E-state index contributed by atoms with van der Waals surface area (Å²) < 4.78 is 0.941. The molecule has 0 heterocycles. The van der Waals surface area contributed by atoms with Gasteiger partial charge in [0.15, 0.2) is 0 Å². The van der Waals surface area contributed by atoms with Crippen molar-refractivity contribution in [3.05, 3.63) is 40.4 Å². The second kappa shape index (κ2) is 7.21. The van der Waals surface area contributed by atoms with Gasteiger partial charge in [-0.3, -0.25) is 4.79 Å². The van der Waals surface area contributed by atoms with E-state index in [1.165, 1.54) is 6.08 Å². The van der Waals surface area contributed by atoms with E-state index in [1.807, 2.05) is 24.3 Å². The third-order valence-corrected chi connectivity index (χ3v) is 2.49. The Bertz CT molecular complexity index is 406. The Hall–Kier alpha value is -1.17. The van der Waals surface area contributed by atoms with Gasteiger partial charge in [0, 0.05) is 17.1 Å². The number of halogens is 1. The Morgan fingerprint density at radius 2 is 2.29 bits per heavy atom. The molecule has 1 aromatic rings. The van der Waals surface area contributed by atoms with E-state index < -0.39 is 6.10 Å². The largest absolute Gasteiger partial charge is 0.394 e. The second-order valence-corrected chi connectivity index (χ2v) is 4.39. The van der Waals surface area contributed by atoms with Crippen LogP contribution in [0.2, 0.25) is 0 Å². The first-order valence-corrected chi connectivity index (χ1v) is 5.91. The first-order chi connectivity index (χ1) is 8.11. The standard InChI is InChI=1S/C12H14BrNO3/c13-10-3-1-2-9(6-10)4-5-12(17)14-7-11(16)8-15/h1-6,11,15-16H,7-8H2,(H,14,17)/b5-4-/t11-/m1/s1. The molecule has 0 spiro atoms. The lowest BCUT2D eigenvalue weighted by atomic mass is 10.2. The lowest BCUT2D eigenvalue weighted by Crippen LogP contribution is -2.32. The highest BCUT2D eigenvalue weighted by atomic mass is 79.9. The molecule has 1 amide bonds. The minimum absolute atomic E-state index is 0.0398. The predicted molar refractivity (Wildman–Crippen MR) is 69.3 cm³/mol. The maximum absolute atomic E-state index is 11.3. The minimum Gasteiger partial charge on any atom is -0.394 e. The van der Waals surface area contributed by atoms with Crippen molar-refractivity contribution in [2.45, 2.75) is 6.10 Å². The summed E-state index contributed by atoms with van der Waals surface area (Å²) in [7, 11) is 0. The molecule has 0 saturated carbocycles. The molecule has 3 N–H and O–H groups in total. The summed E-state index contributed by atoms with van der Waals surface area (Å²) in [6, 6.07) is 7.52. The van der Waals surface area contributed by atoms with Crippen molar-refractivity contribution in [2.75, 3.05) is 13.2 Å². The molecule has 1 aromatic carbocycles. The molecule has 0 fully saturated rings. The van der Waals surface area contributed by atoms with Gasteiger partial charge in [-0.15, -0.1) is 0 Å². The Kier molecular flexibility index (Phi) is 5.90. The lowest BCUT2D eigenvalue weighted by molar-refractivity contribution is -0.117. The Morgan fingerprint density at radius 3 is 2.94 bits per heavy atom. The molecule has 4 nitrogen and oxygen atoms in total. The fourth-order valence-electron chi connectivity index (χ4n) is 1.12. The zero-order valence-electron chi connectivity index (χ0n) is 9.14. The molecule has 0 unspecified atom stereocenters. The van der Waals surface area contributed by atoms with E-state index in [9.17, 15) is 4.79 Å². The van der Waals surface area contributed by atoms with Crippen molar-refractivity contribution in [2.24, 2.45) is 0 Å². The number of hydrogen-bond donors (Lipinski definition) is 3. The molecule has 1 atom stereocenters. The number of aliphatic hydroxyl groups excluding tert-OH is 2. The van der Waals surface area contributed by atoms with Gasteiger partial charge in [0.1, 0.15) is 0 Å². The SMILES string of the molecule is O=C(/C=C\c1cccc(Br)c1)NC[C@@H](O)CO. The Balaban J connectivity index is 2.45. The fraction of sp³-hybridized carbons (Fsp3) is 0.250. The van der Waals surface area contributed by atoms with Crippen LogP contribution < -0.4 is 5.32 Å². The number of carbonyl (C=O) groups excluding carboxylic acids is 1. The van der Waals surface area contributed by atoms with Gasteiger partial charge in [-0.05, 0) is 23.8 Å². The molecular formula is C12H14BrNO3. The first kappa shape index (κ1) is 13.9. The van der Waals surface area contributed by atoms with E-state index in [0.717, 1.165) is 10.0 Å². The maximum atomic E-state index is 11.3. The van der Waals surface area contributed by atoms with E-state index in [1.54, 1.807) is 6.08 Å². The van der Waals surface area contributed by atoms with E-state index in [0.29, 0.717) is 0 Å². The average molecular weight is 300 g/mol. The van der Waals surface area contributed by atoms with Gasteiger partial charge >= 0.3 is 0 Å². The summed E-state index contributed by atoms with van der Waals surface area (Å²) in [5.74, 6) is -0.308. The highest BCUT2D eigenvalue weighted by molar-refractivity contribution is 9.10. The molecule has 0 aliphatic heterocycles. The number of amides is 1. The zero-order chi connectivity index (χ0) is 12.7. The van der Waals surface area contributed by atoms with Crippen LogP contribution in [0.5, 0.6) is 0 Å². The monoisotopic (exact) mass is 299 g/mol. The number of aliphatic hydroxyl groups is 2. The van der Waals surface area contributed by atoms with Crippen molar-refractivity contribution >= 4 is 27.9 Å². The number of hydrogen-bond acceptors (Lipinski definition) is 3. The molecule has 0 saturated heterocycles. The molecule has 0 aromatic heterocycles. The first-order valence-electron chi connectivity index (χ1n) is 5.12. The molecule has 1 rings (SSSR count). The lowest BCUT2D eigenvalue weighted by Gasteiger charge is -2.06. The summed E-state index contributed by atoms with van der Waals surface area (Å²) in [5, 5.41) is 20.1. The second-order valence-electron chi connectivity index (χ2n) is 3.47. The van der Waals surface area contributed by atoms with E-state index in [4.69, 9.17) is 10.2 Å². The van der Waals surface area contributed by atoms with Crippen LogP contribution in [0.4, 0.5) is 0 Å². The number of nitrogens with one attached hydrogen (secondary N) is 1. The summed E-state index contributed by atoms with van der Waals surface area (Å²) in [6.07, 6.45) is 2.13. The van der Waals surface area contributed by atoms with Crippen LogP contribution in [0, 0.1) is 0 Å². The van der Waals surface area contributed by atoms with Crippen LogP contribution in [0.3, 0.4) is 0 Å². The number of carbonyl (C=O) groups is 1. The van der Waals surface area contributed by atoms with Crippen molar-refractivity contribution in [3.63, 3.8) is 0 Å². The smallest absolute Gasteiger partial charge is 0.244 e. The van der Waals surface area contributed by atoms with Gasteiger partial charge in [0.2, 0.25) is 5.91 Å². The predicted octanol–water partition coefficient (Wildman–Crippen LogP) is 0.932. The number of rotatable bonds is 5. The van der Waals surface area contributed by atoms with Crippen molar-refractivity contribution < 1.29 is 15.0 Å². The van der Waals surface area contributed by atoms with Crippen LogP contribution >= 0.6 is 15.9 Å². The summed E-state index contributed by atoms with van der Waals surface area (Å²) in [4.78, 5) is 11.3. The molecule has 92 valence electrons. The molecule has 17 heavy (non-hydrogen) atoms. The van der Waals surface area contributed by atoms with Gasteiger partial charge in [-0.25, -0.2) is 0 Å². The Labute approximate surface area is 108 Å². The van der Waals surface area contributed by atoms with Crippen LogP contribution in [0.15, 0.2) is 34.8 Å². The average Bonchev–Trinajstić information content (AvgIpc) is 2.33. The summed E-state index contributed by atoms with van der Waals surface area (Å²) in [5.41, 5.74) is 0.900. The van der Waals surface area contributed by atoms with Gasteiger partial charge in [-0.2, -0.15) is 0 Å². The highest BCUT2D eigenvalue weighted by Gasteiger charge is 2.02. The topological polar surface area (TPSA) is 69.6 Å². The van der Waals surface area contributed by atoms with Crippen molar-refractivity contribution in [1.29, 1.82) is 0 Å². The molecular weight excluding hydrogens is 286 g/mol. The van der Waals surface area contributed by atoms with Gasteiger partial charge < -0.3 is 15.5 Å². The normalized spacial score (nSPS) is 12.6. The molecule has 0 bridgehead atoms. The summed E-state index contributed by atoms with van der Waals surface area (Å²) >= 11 is 3.33. The molecule has 0 aliphatic rings.